The lowest BCUT2D eigenvalue weighted by Gasteiger charge is -1.96. The van der Waals surface area contributed by atoms with Crippen molar-refractivity contribution >= 4 is 22.9 Å². The zero-order chi connectivity index (χ0) is 9.97. The van der Waals surface area contributed by atoms with Gasteiger partial charge in [0.05, 0.1) is 0 Å². The van der Waals surface area contributed by atoms with Crippen LogP contribution in [0.4, 0.5) is 0 Å². The van der Waals surface area contributed by atoms with Gasteiger partial charge < -0.3 is 0 Å². The minimum absolute atomic E-state index is 0.791. The number of hydrogen-bond acceptors (Lipinski definition) is 1. The van der Waals surface area contributed by atoms with Gasteiger partial charge >= 0.3 is 0 Å². The lowest BCUT2D eigenvalue weighted by molar-refractivity contribution is 1.19. The molecule has 0 N–H and O–H groups in total. The number of halogens is 1. The standard InChI is InChI=1S/C12H11ClS/c1-2-12-7-10(8-14-12)9-3-5-11(13)6-4-9/h3-8H,2H2,1H3. The monoisotopic (exact) mass is 222 g/mol. The molecule has 0 atom stereocenters. The maximum Gasteiger partial charge on any atom is 0.0406 e. The summed E-state index contributed by atoms with van der Waals surface area (Å²) in [5.74, 6) is 0. The molecule has 0 aliphatic heterocycles. The zero-order valence-electron chi connectivity index (χ0n) is 7.96. The van der Waals surface area contributed by atoms with Crippen LogP contribution in [0.5, 0.6) is 0 Å². The molecule has 0 aliphatic rings. The Kier molecular flexibility index (Phi) is 2.90. The van der Waals surface area contributed by atoms with E-state index in [1.807, 2.05) is 23.5 Å². The third-order valence-corrected chi connectivity index (χ3v) is 3.51. The molecule has 0 fully saturated rings. The maximum absolute atomic E-state index is 5.83. The van der Waals surface area contributed by atoms with E-state index in [1.54, 1.807) is 0 Å². The van der Waals surface area contributed by atoms with Gasteiger partial charge in [0.15, 0.2) is 0 Å². The molecule has 0 radical (unpaired) electrons. The first kappa shape index (κ1) is 9.75. The summed E-state index contributed by atoms with van der Waals surface area (Å²) in [5.41, 5.74) is 2.54. The average molecular weight is 223 g/mol. The Balaban J connectivity index is 2.34. The smallest absolute Gasteiger partial charge is 0.0406 e. The van der Waals surface area contributed by atoms with Crippen LogP contribution in [0, 0.1) is 0 Å². The Bertz CT molecular complexity index is 414. The van der Waals surface area contributed by atoms with Gasteiger partial charge in [-0.05, 0) is 41.1 Å². The van der Waals surface area contributed by atoms with Crippen molar-refractivity contribution < 1.29 is 0 Å². The lowest BCUT2D eigenvalue weighted by atomic mass is 10.1. The molecule has 14 heavy (non-hydrogen) atoms. The predicted molar refractivity (Wildman–Crippen MR) is 64.1 cm³/mol. The van der Waals surface area contributed by atoms with E-state index in [1.165, 1.54) is 16.0 Å². The van der Waals surface area contributed by atoms with Crippen LogP contribution in [0.1, 0.15) is 11.8 Å². The van der Waals surface area contributed by atoms with Crippen LogP contribution >= 0.6 is 22.9 Å². The molecular weight excluding hydrogens is 212 g/mol. The second-order valence-electron chi connectivity index (χ2n) is 3.16. The molecule has 0 saturated carbocycles. The van der Waals surface area contributed by atoms with E-state index in [9.17, 15) is 0 Å². The molecule has 72 valence electrons. The van der Waals surface area contributed by atoms with Gasteiger partial charge in [0.25, 0.3) is 0 Å². The van der Waals surface area contributed by atoms with Crippen LogP contribution in [0.15, 0.2) is 35.7 Å². The van der Waals surface area contributed by atoms with Crippen LogP contribution in [-0.4, -0.2) is 0 Å². The van der Waals surface area contributed by atoms with Gasteiger partial charge in [-0.1, -0.05) is 30.7 Å². The molecule has 0 amide bonds. The van der Waals surface area contributed by atoms with Gasteiger partial charge in [-0.25, -0.2) is 0 Å². The third-order valence-electron chi connectivity index (χ3n) is 2.18. The second kappa shape index (κ2) is 4.16. The first-order chi connectivity index (χ1) is 6.79. The number of thiophene rings is 1. The molecular formula is C12H11ClS. The molecule has 0 saturated heterocycles. The van der Waals surface area contributed by atoms with E-state index in [-0.39, 0.29) is 0 Å². The Labute approximate surface area is 93.2 Å². The van der Waals surface area contributed by atoms with Gasteiger partial charge in [0.2, 0.25) is 0 Å². The van der Waals surface area contributed by atoms with Crippen molar-refractivity contribution in [3.63, 3.8) is 0 Å². The third kappa shape index (κ3) is 1.99. The van der Waals surface area contributed by atoms with Crippen LogP contribution in [0.2, 0.25) is 5.02 Å². The second-order valence-corrected chi connectivity index (χ2v) is 4.59. The Morgan fingerprint density at radius 1 is 1.14 bits per heavy atom. The SMILES string of the molecule is CCc1cc(-c2ccc(Cl)cc2)cs1. The largest absolute Gasteiger partial charge is 0.148 e. The molecule has 1 aromatic heterocycles. The van der Waals surface area contributed by atoms with Gasteiger partial charge in [-0.3, -0.25) is 0 Å². The number of rotatable bonds is 2. The minimum atomic E-state index is 0.791. The van der Waals surface area contributed by atoms with Crippen molar-refractivity contribution in [2.45, 2.75) is 13.3 Å². The van der Waals surface area contributed by atoms with E-state index in [0.717, 1.165) is 11.4 Å². The van der Waals surface area contributed by atoms with E-state index < -0.39 is 0 Å². The van der Waals surface area contributed by atoms with Crippen molar-refractivity contribution in [3.8, 4) is 11.1 Å². The summed E-state index contributed by atoms with van der Waals surface area (Å²) >= 11 is 7.65. The molecule has 0 unspecified atom stereocenters. The van der Waals surface area contributed by atoms with Crippen LogP contribution in [0.25, 0.3) is 11.1 Å². The molecule has 2 aromatic rings. The highest BCUT2D eigenvalue weighted by atomic mass is 35.5. The molecule has 0 spiro atoms. The predicted octanol–water partition coefficient (Wildman–Crippen LogP) is 4.63. The highest BCUT2D eigenvalue weighted by Gasteiger charge is 2.00. The normalized spacial score (nSPS) is 10.4. The first-order valence-electron chi connectivity index (χ1n) is 4.63. The summed E-state index contributed by atoms with van der Waals surface area (Å²) in [6.07, 6.45) is 1.11. The van der Waals surface area contributed by atoms with Gasteiger partial charge in [-0.15, -0.1) is 11.3 Å². The summed E-state index contributed by atoms with van der Waals surface area (Å²) in [4.78, 5) is 1.43. The fourth-order valence-electron chi connectivity index (χ4n) is 1.36. The first-order valence-corrected chi connectivity index (χ1v) is 5.88. The van der Waals surface area contributed by atoms with Crippen LogP contribution < -0.4 is 0 Å². The Morgan fingerprint density at radius 2 is 1.86 bits per heavy atom. The van der Waals surface area contributed by atoms with Crippen molar-refractivity contribution in [1.82, 2.24) is 0 Å². The molecule has 0 aliphatic carbocycles. The van der Waals surface area contributed by atoms with E-state index in [0.29, 0.717) is 0 Å². The zero-order valence-corrected chi connectivity index (χ0v) is 9.53. The highest BCUT2D eigenvalue weighted by molar-refractivity contribution is 7.10. The van der Waals surface area contributed by atoms with Gasteiger partial charge in [0.1, 0.15) is 0 Å². The summed E-state index contributed by atoms with van der Waals surface area (Å²) in [6, 6.07) is 10.2. The van der Waals surface area contributed by atoms with Crippen molar-refractivity contribution in [1.29, 1.82) is 0 Å². The summed E-state index contributed by atoms with van der Waals surface area (Å²) in [7, 11) is 0. The summed E-state index contributed by atoms with van der Waals surface area (Å²) < 4.78 is 0. The van der Waals surface area contributed by atoms with E-state index in [4.69, 9.17) is 11.6 Å². The number of benzene rings is 1. The molecule has 1 aromatic carbocycles. The van der Waals surface area contributed by atoms with Gasteiger partial charge in [0, 0.05) is 9.90 Å². The van der Waals surface area contributed by atoms with Crippen molar-refractivity contribution in [2.75, 3.05) is 0 Å². The number of aryl methyl sites for hydroxylation is 1. The van der Waals surface area contributed by atoms with Crippen LogP contribution in [-0.2, 0) is 6.42 Å². The molecule has 0 nitrogen and oxygen atoms in total. The fourth-order valence-corrected chi connectivity index (χ4v) is 2.33. The quantitative estimate of drug-likeness (QED) is 0.695. The highest BCUT2D eigenvalue weighted by Crippen LogP contribution is 2.26. The lowest BCUT2D eigenvalue weighted by Crippen LogP contribution is -1.73. The van der Waals surface area contributed by atoms with Crippen molar-refractivity contribution in [3.05, 3.63) is 45.6 Å². The summed E-state index contributed by atoms with van der Waals surface area (Å²) in [6.45, 7) is 2.18. The minimum Gasteiger partial charge on any atom is -0.148 e. The maximum atomic E-state index is 5.83. The molecule has 1 heterocycles. The summed E-state index contributed by atoms with van der Waals surface area (Å²) in [5, 5.41) is 2.99. The molecule has 2 heteroatoms. The van der Waals surface area contributed by atoms with E-state index >= 15 is 0 Å². The van der Waals surface area contributed by atoms with Crippen molar-refractivity contribution in [2.24, 2.45) is 0 Å². The average Bonchev–Trinajstić information content (AvgIpc) is 2.67. The Hall–Kier alpha value is -0.790. The van der Waals surface area contributed by atoms with E-state index in [2.05, 4.69) is 30.5 Å². The molecule has 0 bridgehead atoms. The van der Waals surface area contributed by atoms with Gasteiger partial charge in [-0.2, -0.15) is 0 Å². The number of hydrogen-bond donors (Lipinski definition) is 0. The topological polar surface area (TPSA) is 0 Å². The van der Waals surface area contributed by atoms with Crippen LogP contribution in [0.3, 0.4) is 0 Å². The Morgan fingerprint density at radius 3 is 2.43 bits per heavy atom. The molecule has 2 rings (SSSR count). The fraction of sp³-hybridized carbons (Fsp3) is 0.167.